The van der Waals surface area contributed by atoms with E-state index < -0.39 is 43.0 Å². The number of ether oxygens (including phenoxy) is 5. The van der Waals surface area contributed by atoms with Gasteiger partial charge in [0.1, 0.15) is 32.0 Å². The molecular weight excluding hydrogens is 1110 g/mol. The smallest absolute Gasteiger partial charge is 0.410 e. The summed E-state index contributed by atoms with van der Waals surface area (Å²) in [7, 11) is -7.54. The number of carbonyl (C=O) groups is 3. The maximum atomic E-state index is 13.4. The van der Waals surface area contributed by atoms with Crippen LogP contribution in [-0.2, 0) is 51.0 Å². The predicted molar refractivity (Wildman–Crippen MR) is 313 cm³/mol. The Morgan fingerprint density at radius 1 is 0.578 bits per heavy atom. The van der Waals surface area contributed by atoms with Gasteiger partial charge in [-0.05, 0) is 107 Å². The molecule has 2 fully saturated rings. The molecule has 0 aliphatic carbocycles. The van der Waals surface area contributed by atoms with E-state index in [0.717, 1.165) is 80.5 Å². The molecule has 83 heavy (non-hydrogen) atoms. The number of nitrogens with one attached hydrogen (secondary N) is 3. The van der Waals surface area contributed by atoms with Crippen LogP contribution in [0.5, 0.6) is 23.0 Å². The Kier molecular flexibility index (Phi) is 18.8. The number of para-hydroxylation sites is 2. The molecule has 10 rings (SSSR count). The Bertz CT molecular complexity index is 3720. The maximum absolute atomic E-state index is 13.4. The van der Waals surface area contributed by atoms with Crippen LogP contribution in [-0.4, -0.2) is 154 Å². The van der Waals surface area contributed by atoms with Crippen molar-refractivity contribution >= 4 is 59.8 Å². The fourth-order valence-corrected chi connectivity index (χ4v) is 11.7. The van der Waals surface area contributed by atoms with Gasteiger partial charge >= 0.3 is 6.09 Å². The Balaban J connectivity index is 0.000000202. The second kappa shape index (κ2) is 26.0. The molecule has 0 bridgehead atoms. The second-order valence-corrected chi connectivity index (χ2v) is 25.7. The van der Waals surface area contributed by atoms with Crippen LogP contribution in [0.1, 0.15) is 78.3 Å². The molecule has 2 aromatic heterocycles. The lowest BCUT2D eigenvalue weighted by atomic mass is 10.0. The summed E-state index contributed by atoms with van der Waals surface area (Å²) >= 11 is 0. The number of sulfonamides is 2. The summed E-state index contributed by atoms with van der Waals surface area (Å²) in [6.07, 6.45) is 4.89. The Morgan fingerprint density at radius 3 is 1.48 bits per heavy atom. The average Bonchev–Trinajstić information content (AvgIpc) is 3.63. The van der Waals surface area contributed by atoms with Gasteiger partial charge in [-0.3, -0.25) is 19.2 Å². The van der Waals surface area contributed by atoms with Crippen molar-refractivity contribution in [1.82, 2.24) is 38.6 Å². The standard InChI is InChI=1S/C32H40N4O8S.C27H32N4O6S/c1-32(2,3)44-31(39)36(21-22-9-10-27-28(19-22)43-18-17-42-27)23-11-13-34(14-12-23)15-16-35-26-8-6-5-7-24(26)25(20-29(35)37)30(38)33-45(4,40)41;1-38(34,35)29-27(33)22-17-26(32)31(23-5-3-2-4-21(22)23)13-12-30-10-8-20(9-11-30)28-18-19-6-7-24-25(16-19)37-15-14-36-24/h5-10,19-20,23H,11-18,21H2,1-4H3,(H,33,38);2-7,16-17,20,28H,8-15,18H2,1H3,(H,29,33). The summed E-state index contributed by atoms with van der Waals surface area (Å²) in [5.41, 5.74) is 1.94. The van der Waals surface area contributed by atoms with Gasteiger partial charge < -0.3 is 52.8 Å². The van der Waals surface area contributed by atoms with Gasteiger partial charge in [-0.2, -0.15) is 0 Å². The summed E-state index contributed by atoms with van der Waals surface area (Å²) in [5.74, 6) is 1.32. The first kappa shape index (κ1) is 60.1. The number of rotatable bonds is 16. The molecule has 6 heterocycles. The molecule has 444 valence electrons. The van der Waals surface area contributed by atoms with E-state index in [0.29, 0.717) is 112 Å². The maximum Gasteiger partial charge on any atom is 0.410 e. The van der Waals surface area contributed by atoms with Crippen LogP contribution in [0.2, 0.25) is 0 Å². The van der Waals surface area contributed by atoms with Crippen LogP contribution in [0.4, 0.5) is 4.79 Å². The number of carbonyl (C=O) groups excluding carboxylic acids is 3. The van der Waals surface area contributed by atoms with Gasteiger partial charge in [0.05, 0.1) is 34.7 Å². The highest BCUT2D eigenvalue weighted by atomic mass is 32.2. The number of fused-ring (bicyclic) bond motifs is 4. The minimum atomic E-state index is -3.79. The molecule has 0 saturated carbocycles. The fraction of sp³-hybridized carbons (Fsp3) is 0.441. The third kappa shape index (κ3) is 16.0. The lowest BCUT2D eigenvalue weighted by Crippen LogP contribution is -2.49. The van der Waals surface area contributed by atoms with E-state index >= 15 is 0 Å². The first-order valence-electron chi connectivity index (χ1n) is 27.8. The molecule has 22 nitrogen and oxygen atoms in total. The van der Waals surface area contributed by atoms with Crippen molar-refractivity contribution in [3.05, 3.63) is 140 Å². The Hall–Kier alpha value is -7.51. The highest BCUT2D eigenvalue weighted by Gasteiger charge is 2.32. The van der Waals surface area contributed by atoms with Gasteiger partial charge in [0.15, 0.2) is 23.0 Å². The number of nitrogens with zero attached hydrogens (tertiary/aromatic N) is 5. The molecule has 24 heteroatoms. The molecule has 4 aliphatic rings. The lowest BCUT2D eigenvalue weighted by molar-refractivity contribution is 0.00559. The molecule has 3 N–H and O–H groups in total. The highest BCUT2D eigenvalue weighted by Crippen LogP contribution is 2.33. The van der Waals surface area contributed by atoms with Gasteiger partial charge in [0, 0.05) is 87.3 Å². The average molecular weight is 1180 g/mol. The zero-order valence-corrected chi connectivity index (χ0v) is 49.0. The van der Waals surface area contributed by atoms with E-state index in [-0.39, 0.29) is 28.8 Å². The van der Waals surface area contributed by atoms with Gasteiger partial charge in [-0.1, -0.05) is 48.5 Å². The Labute approximate surface area is 482 Å². The van der Waals surface area contributed by atoms with E-state index in [1.807, 2.05) is 60.5 Å². The zero-order chi connectivity index (χ0) is 59.1. The Morgan fingerprint density at radius 2 is 1.01 bits per heavy atom. The predicted octanol–water partition coefficient (Wildman–Crippen LogP) is 5.08. The summed E-state index contributed by atoms with van der Waals surface area (Å²) in [6, 6.07) is 28.6. The summed E-state index contributed by atoms with van der Waals surface area (Å²) in [6.45, 7) is 14.3. The minimum absolute atomic E-state index is 0.0124. The molecular formula is C59H72N8O14S2. The quantitative estimate of drug-likeness (QED) is 0.114. The number of amides is 3. The van der Waals surface area contributed by atoms with Crippen molar-refractivity contribution in [2.75, 3.05) is 78.2 Å². The van der Waals surface area contributed by atoms with E-state index in [1.54, 1.807) is 62.6 Å². The molecule has 0 radical (unpaired) electrons. The SMILES string of the molecule is CC(C)(C)OC(=O)N(Cc1ccc2c(c1)OCCO2)C1CCN(CCn2c(=O)cc(C(=O)NS(C)(=O)=O)c3ccccc32)CC1.CS(=O)(=O)NC(=O)c1cc(=O)n(CCN2CCC(NCc3ccc4c(c3)OCCO4)CC2)c2ccccc12. The van der Waals surface area contributed by atoms with Crippen LogP contribution in [0.15, 0.2) is 107 Å². The van der Waals surface area contributed by atoms with Crippen molar-refractivity contribution in [2.24, 2.45) is 0 Å². The van der Waals surface area contributed by atoms with Crippen LogP contribution in [0, 0.1) is 0 Å². The number of hydrogen-bond acceptors (Lipinski definition) is 17. The fourth-order valence-electron chi connectivity index (χ4n) is 10.8. The summed E-state index contributed by atoms with van der Waals surface area (Å²) in [4.78, 5) is 71.0. The summed E-state index contributed by atoms with van der Waals surface area (Å²) in [5, 5.41) is 4.67. The number of aromatic nitrogens is 2. The van der Waals surface area contributed by atoms with Crippen LogP contribution in [0.3, 0.4) is 0 Å². The molecule has 6 aromatic rings. The second-order valence-electron chi connectivity index (χ2n) is 22.2. The normalized spacial score (nSPS) is 16.2. The van der Waals surface area contributed by atoms with Crippen molar-refractivity contribution in [1.29, 1.82) is 0 Å². The van der Waals surface area contributed by atoms with Crippen molar-refractivity contribution in [3.8, 4) is 23.0 Å². The molecule has 4 aliphatic heterocycles. The molecule has 3 amide bonds. The third-order valence-corrected chi connectivity index (χ3v) is 15.8. The zero-order valence-electron chi connectivity index (χ0n) is 47.4. The molecule has 0 spiro atoms. The van der Waals surface area contributed by atoms with Crippen molar-refractivity contribution in [3.63, 3.8) is 0 Å². The van der Waals surface area contributed by atoms with Crippen LogP contribution in [0.25, 0.3) is 21.8 Å². The van der Waals surface area contributed by atoms with Crippen LogP contribution >= 0.6 is 0 Å². The summed E-state index contributed by atoms with van der Waals surface area (Å²) < 4.78 is 81.9. The topological polar surface area (TPSA) is 255 Å². The van der Waals surface area contributed by atoms with Gasteiger partial charge in [0.2, 0.25) is 20.0 Å². The lowest BCUT2D eigenvalue weighted by Gasteiger charge is -2.39. The number of benzene rings is 4. The molecule has 4 aromatic carbocycles. The molecule has 0 atom stereocenters. The highest BCUT2D eigenvalue weighted by molar-refractivity contribution is 7.89. The van der Waals surface area contributed by atoms with Gasteiger partial charge in [0.25, 0.3) is 22.9 Å². The first-order valence-corrected chi connectivity index (χ1v) is 31.6. The number of likely N-dealkylation sites (tertiary alicyclic amines) is 2. The number of pyridine rings is 2. The van der Waals surface area contributed by atoms with E-state index in [4.69, 9.17) is 23.7 Å². The number of piperidine rings is 2. The molecule has 0 unspecified atom stereocenters. The third-order valence-electron chi connectivity index (χ3n) is 14.7. The van der Waals surface area contributed by atoms with Crippen molar-refractivity contribution < 1.29 is 54.9 Å². The van der Waals surface area contributed by atoms with Crippen molar-refractivity contribution in [2.45, 2.75) is 90.3 Å². The number of hydrogen-bond donors (Lipinski definition) is 3. The van der Waals surface area contributed by atoms with E-state index in [2.05, 4.69) is 21.2 Å². The first-order chi connectivity index (χ1) is 39.5. The van der Waals surface area contributed by atoms with E-state index in [1.165, 1.54) is 12.1 Å². The largest absolute Gasteiger partial charge is 0.486 e. The minimum Gasteiger partial charge on any atom is -0.486 e. The molecule has 2 saturated heterocycles. The van der Waals surface area contributed by atoms with E-state index in [9.17, 15) is 40.8 Å². The monoisotopic (exact) mass is 1180 g/mol. The van der Waals surface area contributed by atoms with Crippen LogP contribution < -0.4 is 44.8 Å². The van der Waals surface area contributed by atoms with Gasteiger partial charge in [-0.25, -0.2) is 31.1 Å². The van der Waals surface area contributed by atoms with Gasteiger partial charge in [-0.15, -0.1) is 0 Å².